The number of nitrogens with zero attached hydrogens (tertiary/aromatic N) is 4. The first-order chi connectivity index (χ1) is 9.90. The normalized spacial score (nSPS) is 18.2. The maximum absolute atomic E-state index is 11.4. The molecule has 1 fully saturated rings. The van der Waals surface area contributed by atoms with E-state index < -0.39 is 9.05 Å². The molecule has 1 aromatic rings. The van der Waals surface area contributed by atoms with Crippen LogP contribution in [0.2, 0.25) is 0 Å². The van der Waals surface area contributed by atoms with Crippen LogP contribution in [0, 0.1) is 0 Å². The van der Waals surface area contributed by atoms with Crippen molar-refractivity contribution in [3.63, 3.8) is 0 Å². The Bertz CT molecular complexity index is 565. The van der Waals surface area contributed by atoms with Gasteiger partial charge in [-0.15, -0.1) is 0 Å². The van der Waals surface area contributed by atoms with E-state index in [0.29, 0.717) is 0 Å². The molecule has 0 atom stereocenters. The van der Waals surface area contributed by atoms with Crippen molar-refractivity contribution in [2.45, 2.75) is 31.3 Å². The predicted octanol–water partition coefficient (Wildman–Crippen LogP) is 1.01. The van der Waals surface area contributed by atoms with Crippen molar-refractivity contribution in [1.82, 2.24) is 19.4 Å². The zero-order chi connectivity index (χ0) is 15.5. The number of aryl methyl sites for hydroxylation is 1. The van der Waals surface area contributed by atoms with Crippen molar-refractivity contribution in [3.05, 3.63) is 12.0 Å². The lowest BCUT2D eigenvalue weighted by Crippen LogP contribution is -2.45. The minimum Gasteiger partial charge on any atom is -0.332 e. The molecule has 0 spiro atoms. The molecule has 0 bridgehead atoms. The summed E-state index contributed by atoms with van der Waals surface area (Å²) in [6, 6.07) is 0. The largest absolute Gasteiger partial charge is 0.332 e. The zero-order valence-corrected chi connectivity index (χ0v) is 14.2. The highest BCUT2D eigenvalue weighted by Gasteiger charge is 2.19. The summed E-state index contributed by atoms with van der Waals surface area (Å²) in [6.45, 7) is 7.96. The summed E-state index contributed by atoms with van der Waals surface area (Å²) in [7, 11) is 3.77. The SMILES string of the molecule is CCCc1nc(S(=O)(=O)Cl)cn1CCN1CCN(C)CC1. The summed E-state index contributed by atoms with van der Waals surface area (Å²) in [5.74, 6) is 0.797. The fourth-order valence-electron chi connectivity index (χ4n) is 2.48. The van der Waals surface area contributed by atoms with Crippen LogP contribution in [0.1, 0.15) is 19.2 Å². The molecular weight excluding hydrogens is 312 g/mol. The second-order valence-corrected chi connectivity index (χ2v) is 8.03. The van der Waals surface area contributed by atoms with Crippen molar-refractivity contribution in [1.29, 1.82) is 0 Å². The van der Waals surface area contributed by atoms with Crippen LogP contribution < -0.4 is 0 Å². The van der Waals surface area contributed by atoms with Crippen LogP contribution in [0.3, 0.4) is 0 Å². The highest BCUT2D eigenvalue weighted by Crippen LogP contribution is 2.15. The average Bonchev–Trinajstić information content (AvgIpc) is 2.82. The van der Waals surface area contributed by atoms with E-state index in [-0.39, 0.29) is 5.03 Å². The molecule has 0 aromatic carbocycles. The Labute approximate surface area is 131 Å². The second-order valence-electron chi connectivity index (χ2n) is 5.52. The molecule has 0 N–H and O–H groups in total. The lowest BCUT2D eigenvalue weighted by atomic mass is 10.3. The summed E-state index contributed by atoms with van der Waals surface area (Å²) >= 11 is 0. The van der Waals surface area contributed by atoms with E-state index in [2.05, 4.69) is 21.8 Å². The average molecular weight is 335 g/mol. The predicted molar refractivity (Wildman–Crippen MR) is 83.2 cm³/mol. The van der Waals surface area contributed by atoms with Crippen LogP contribution in [-0.4, -0.2) is 67.5 Å². The Balaban J connectivity index is 2.02. The van der Waals surface area contributed by atoms with Crippen molar-refractivity contribution in [2.75, 3.05) is 39.8 Å². The van der Waals surface area contributed by atoms with Crippen LogP contribution in [0.4, 0.5) is 0 Å². The van der Waals surface area contributed by atoms with Gasteiger partial charge in [0.05, 0.1) is 0 Å². The molecule has 8 heteroatoms. The summed E-state index contributed by atoms with van der Waals surface area (Å²) in [5.41, 5.74) is 0. The van der Waals surface area contributed by atoms with E-state index in [4.69, 9.17) is 10.7 Å². The Morgan fingerprint density at radius 3 is 2.48 bits per heavy atom. The van der Waals surface area contributed by atoms with Gasteiger partial charge in [0.15, 0.2) is 5.03 Å². The van der Waals surface area contributed by atoms with Gasteiger partial charge in [-0.3, -0.25) is 4.90 Å². The van der Waals surface area contributed by atoms with E-state index in [1.807, 2.05) is 11.5 Å². The molecule has 1 aromatic heterocycles. The molecule has 1 saturated heterocycles. The molecule has 1 aliphatic rings. The minimum atomic E-state index is -3.75. The third kappa shape index (κ3) is 4.67. The number of hydrogen-bond donors (Lipinski definition) is 0. The monoisotopic (exact) mass is 334 g/mol. The van der Waals surface area contributed by atoms with Gasteiger partial charge >= 0.3 is 0 Å². The van der Waals surface area contributed by atoms with E-state index in [1.165, 1.54) is 0 Å². The van der Waals surface area contributed by atoms with Crippen LogP contribution in [-0.2, 0) is 22.0 Å². The first-order valence-corrected chi connectivity index (χ1v) is 9.62. The van der Waals surface area contributed by atoms with Gasteiger partial charge in [0.1, 0.15) is 5.82 Å². The van der Waals surface area contributed by atoms with Crippen LogP contribution in [0.25, 0.3) is 0 Å². The molecule has 0 aliphatic carbocycles. The van der Waals surface area contributed by atoms with Gasteiger partial charge in [-0.2, -0.15) is 0 Å². The van der Waals surface area contributed by atoms with Gasteiger partial charge in [0.2, 0.25) is 0 Å². The number of likely N-dealkylation sites (N-methyl/N-ethyl adjacent to an activating group) is 1. The third-order valence-corrected chi connectivity index (χ3v) is 4.98. The molecule has 120 valence electrons. The first kappa shape index (κ1) is 16.7. The van der Waals surface area contributed by atoms with Gasteiger partial charge in [0, 0.05) is 62.6 Å². The van der Waals surface area contributed by atoms with Gasteiger partial charge in [-0.25, -0.2) is 13.4 Å². The molecule has 0 amide bonds. The topological polar surface area (TPSA) is 58.4 Å². The molecule has 0 radical (unpaired) electrons. The molecule has 2 rings (SSSR count). The highest BCUT2D eigenvalue weighted by molar-refractivity contribution is 8.13. The lowest BCUT2D eigenvalue weighted by molar-refractivity contribution is 0.150. The third-order valence-electron chi connectivity index (χ3n) is 3.81. The van der Waals surface area contributed by atoms with Gasteiger partial charge in [-0.1, -0.05) is 6.92 Å². The Kier molecular flexibility index (Phi) is 5.65. The molecule has 2 heterocycles. The molecule has 0 saturated carbocycles. The van der Waals surface area contributed by atoms with Crippen LogP contribution >= 0.6 is 10.7 Å². The van der Waals surface area contributed by atoms with Gasteiger partial charge in [0.25, 0.3) is 9.05 Å². The van der Waals surface area contributed by atoms with Crippen molar-refractivity contribution >= 4 is 19.7 Å². The number of imidazole rings is 1. The van der Waals surface area contributed by atoms with Crippen LogP contribution in [0.5, 0.6) is 0 Å². The van der Waals surface area contributed by atoms with E-state index in [9.17, 15) is 8.42 Å². The number of hydrogen-bond acceptors (Lipinski definition) is 5. The summed E-state index contributed by atoms with van der Waals surface area (Å²) < 4.78 is 24.8. The quantitative estimate of drug-likeness (QED) is 0.727. The number of halogens is 1. The number of piperazine rings is 1. The number of rotatable bonds is 6. The molecule has 1 aliphatic heterocycles. The second kappa shape index (κ2) is 7.09. The lowest BCUT2D eigenvalue weighted by Gasteiger charge is -2.32. The molecule has 0 unspecified atom stereocenters. The maximum atomic E-state index is 11.4. The smallest absolute Gasteiger partial charge is 0.280 e. The van der Waals surface area contributed by atoms with Crippen molar-refractivity contribution in [3.8, 4) is 0 Å². The fourth-order valence-corrected chi connectivity index (χ4v) is 3.17. The Morgan fingerprint density at radius 2 is 1.90 bits per heavy atom. The van der Waals surface area contributed by atoms with Gasteiger partial charge < -0.3 is 9.47 Å². The summed E-state index contributed by atoms with van der Waals surface area (Å²) in [6.07, 6.45) is 3.24. The summed E-state index contributed by atoms with van der Waals surface area (Å²) in [4.78, 5) is 8.87. The standard InChI is InChI=1S/C13H23ClN4O2S/c1-3-4-12-15-13(21(14,19)20)11-18(12)10-9-17-7-5-16(2)6-8-17/h11H,3-10H2,1-2H3. The molecule has 21 heavy (non-hydrogen) atoms. The molecule has 6 nitrogen and oxygen atoms in total. The first-order valence-electron chi connectivity index (χ1n) is 7.31. The van der Waals surface area contributed by atoms with Crippen LogP contribution in [0.15, 0.2) is 11.2 Å². The van der Waals surface area contributed by atoms with Gasteiger partial charge in [-0.05, 0) is 13.5 Å². The van der Waals surface area contributed by atoms with E-state index >= 15 is 0 Å². The maximum Gasteiger partial charge on any atom is 0.280 e. The summed E-state index contributed by atoms with van der Waals surface area (Å²) in [5, 5.41) is -0.0361. The molecular formula is C13H23ClN4O2S. The number of aromatic nitrogens is 2. The Morgan fingerprint density at radius 1 is 1.24 bits per heavy atom. The van der Waals surface area contributed by atoms with E-state index in [1.54, 1.807) is 6.20 Å². The highest BCUT2D eigenvalue weighted by atomic mass is 35.7. The fraction of sp³-hybridized carbons (Fsp3) is 0.769. The van der Waals surface area contributed by atoms with Crippen molar-refractivity contribution in [2.24, 2.45) is 0 Å². The van der Waals surface area contributed by atoms with Crippen molar-refractivity contribution < 1.29 is 8.42 Å². The zero-order valence-electron chi connectivity index (χ0n) is 12.6. The minimum absolute atomic E-state index is 0.0361. The Hall–Kier alpha value is -0.630. The van der Waals surface area contributed by atoms with E-state index in [0.717, 1.165) is 57.9 Å².